The van der Waals surface area contributed by atoms with Crippen molar-refractivity contribution in [1.82, 2.24) is 79.6 Å². The van der Waals surface area contributed by atoms with Gasteiger partial charge in [-0.05, 0) is 224 Å². The summed E-state index contributed by atoms with van der Waals surface area (Å²) in [7, 11) is 13.2. The molecule has 0 saturated carbocycles. The number of amides is 6. The summed E-state index contributed by atoms with van der Waals surface area (Å²) in [6, 6.07) is 37.5. The molecule has 25 nitrogen and oxygen atoms in total. The normalized spacial score (nSPS) is 20.2. The number of hydrogen-bond donors (Lipinski definition) is 1. The van der Waals surface area contributed by atoms with Gasteiger partial charge in [-0.15, -0.1) is 0 Å². The van der Waals surface area contributed by atoms with Crippen LogP contribution in [0.25, 0.3) is 0 Å². The van der Waals surface area contributed by atoms with Crippen LogP contribution in [0.1, 0.15) is 395 Å². The van der Waals surface area contributed by atoms with Gasteiger partial charge in [-0.1, -0.05) is 180 Å². The average molecular weight is 2030 g/mol. The van der Waals surface area contributed by atoms with Crippen LogP contribution >= 0.6 is 0 Å². The summed E-state index contributed by atoms with van der Waals surface area (Å²) in [5.41, 5.74) is 19.7. The Kier molecular flexibility index (Phi) is 44.6. The lowest BCUT2D eigenvalue weighted by molar-refractivity contribution is -0.128. The van der Waals surface area contributed by atoms with Crippen molar-refractivity contribution in [2.24, 2.45) is 5.92 Å². The molecule has 9 aromatic rings. The van der Waals surface area contributed by atoms with Crippen molar-refractivity contribution in [3.05, 3.63) is 249 Å². The third-order valence-electron chi connectivity index (χ3n) is 30.7. The Morgan fingerprint density at radius 1 is 0.304 bits per heavy atom. The highest BCUT2D eigenvalue weighted by molar-refractivity contribution is 5.87. The van der Waals surface area contributed by atoms with E-state index < -0.39 is 5.92 Å². The minimum absolute atomic E-state index is 0.0266. The summed E-state index contributed by atoms with van der Waals surface area (Å²) in [5, 5.41) is 3.43. The van der Waals surface area contributed by atoms with E-state index in [4.69, 9.17) is 0 Å². The Morgan fingerprint density at radius 3 is 0.784 bits per heavy atom. The molecule has 0 spiro atoms. The molecule has 9 aliphatic rings. The van der Waals surface area contributed by atoms with E-state index in [1.165, 1.54) is 90.2 Å². The molecule has 9 fully saturated rings. The zero-order valence-corrected chi connectivity index (χ0v) is 94.3. The molecule has 1 N–H and O–H groups in total. The Bertz CT molecular complexity index is 5200. The van der Waals surface area contributed by atoms with Crippen molar-refractivity contribution in [2.45, 2.75) is 322 Å². The van der Waals surface area contributed by atoms with E-state index in [2.05, 4.69) is 266 Å². The Balaban J connectivity index is 0.000000170. The summed E-state index contributed by atoms with van der Waals surface area (Å²) >= 11 is 0. The summed E-state index contributed by atoms with van der Waals surface area (Å²) in [6.07, 6.45) is 28.1. The Hall–Kier alpha value is -11.6. The van der Waals surface area contributed by atoms with E-state index in [9.17, 15) is 37.5 Å². The van der Waals surface area contributed by atoms with Crippen molar-refractivity contribution in [3.63, 3.8) is 0 Å². The SMILES string of the molecule is CC(C)c1ccc(C2CC(=O)N(C)C2)cn1.CC(C)c1ccc(C2CC(=O)N(C)C2)cn1.CC(C)c1ccc(C2CC(=O)N(C)C2)cn1.CC(C)c1ccc(C2CCN(C)C2=O)cn1.CC(C)c1ccc(C2CCN(C)C2=O)cn1.CC(C)c1ccc(C2CCN(C)C2=O)cn1.CC(C)c1ccc(N2CCC(F)(F)CC2)nc1.CCC1CCN(c2ccc(C(C)C)nc2)CC1.CNC1(C)CCN(c2ccc(C(C)C)nc2)CC1. The fraction of sp³-hybridized carbons (Fsp3) is 0.579. The third-order valence-corrected chi connectivity index (χ3v) is 30.7. The lowest BCUT2D eigenvalue weighted by Gasteiger charge is -2.40. The fourth-order valence-electron chi connectivity index (χ4n) is 19.5. The third kappa shape index (κ3) is 34.2. The van der Waals surface area contributed by atoms with Gasteiger partial charge >= 0.3 is 0 Å². The van der Waals surface area contributed by atoms with Crippen LogP contribution < -0.4 is 20.0 Å². The minimum atomic E-state index is -2.49. The van der Waals surface area contributed by atoms with Crippen LogP contribution in [-0.2, 0) is 28.8 Å². The molecule has 804 valence electrons. The first-order valence-electron chi connectivity index (χ1n) is 54.6. The molecular weight excluding hydrogens is 1850 g/mol. The average Bonchev–Trinajstić information content (AvgIpc) is 1.67. The smallest absolute Gasteiger partial charge is 0.251 e. The first kappa shape index (κ1) is 118. The number of rotatable bonds is 20. The molecule has 6 atom stereocenters. The predicted molar refractivity (Wildman–Crippen MR) is 595 cm³/mol. The molecule has 0 aliphatic carbocycles. The molecule has 0 bridgehead atoms. The van der Waals surface area contributed by atoms with E-state index in [0.717, 1.165) is 134 Å². The van der Waals surface area contributed by atoms with Crippen LogP contribution in [0.15, 0.2) is 165 Å². The topological polar surface area (TPSA) is 260 Å². The van der Waals surface area contributed by atoms with Gasteiger partial charge in [0.2, 0.25) is 35.4 Å². The van der Waals surface area contributed by atoms with Crippen LogP contribution in [0.4, 0.5) is 26.0 Å². The highest BCUT2D eigenvalue weighted by Gasteiger charge is 2.38. The number of halogens is 2. The second-order valence-corrected chi connectivity index (χ2v) is 45.1. The van der Waals surface area contributed by atoms with Crippen LogP contribution in [0.5, 0.6) is 0 Å². The molecule has 9 aliphatic heterocycles. The second kappa shape index (κ2) is 55.8. The van der Waals surface area contributed by atoms with Crippen molar-refractivity contribution < 1.29 is 37.5 Å². The van der Waals surface area contributed by atoms with Crippen molar-refractivity contribution in [3.8, 4) is 0 Å². The molecular formula is C121H175F2N19O6. The largest absolute Gasteiger partial charge is 0.370 e. The number of aromatic nitrogens is 9. The highest BCUT2D eigenvalue weighted by Crippen LogP contribution is 2.38. The number of hydrogen-bond acceptors (Lipinski definition) is 19. The number of likely N-dealkylation sites (tertiary alicyclic amines) is 6. The van der Waals surface area contributed by atoms with Gasteiger partial charge in [-0.25, -0.2) is 13.8 Å². The van der Waals surface area contributed by atoms with Gasteiger partial charge in [0.1, 0.15) is 5.82 Å². The number of alkyl halides is 2. The number of likely N-dealkylation sites (N-methyl/N-ethyl adjacent to an activating group) is 6. The maximum Gasteiger partial charge on any atom is 0.251 e. The number of nitrogens with zero attached hydrogens (tertiary/aromatic N) is 18. The van der Waals surface area contributed by atoms with Crippen molar-refractivity contribution >= 4 is 52.6 Å². The molecule has 18 heterocycles. The standard InChI is InChI=1S/C15H25N3.C15H24N2.C13H18F2N2.6C13H18N2O/c1-12(2)14-6-5-13(11-17-14)18-9-7-15(3,16-4)8-10-18;1-4-13-7-9-17(10-8-13)14-5-6-15(12(2)3)16-11-14;1-10(2)11-3-4-12(16-9-11)17-7-5-13(14,15)6-8-17;3*1-9(2)12-5-4-10(7-14-12)11-6-13(16)15(3)8-11;3*1-9(2)12-5-4-10(8-14-12)11-6-7-15(3)13(11)16/h5-6,11-12,16H,7-10H2,1-4H3;5-6,11-13H,4,7-10H2,1-3H3;3-4,9-10H,5-8H2,1-2H3;3*4-5,7,9,11H,6,8H2,1-3H3;3*4-5,8-9,11H,6-7H2,1-3H3. The van der Waals surface area contributed by atoms with E-state index in [1.54, 1.807) is 29.4 Å². The van der Waals surface area contributed by atoms with Crippen LogP contribution in [0.2, 0.25) is 0 Å². The van der Waals surface area contributed by atoms with Gasteiger partial charge in [-0.2, -0.15) is 0 Å². The van der Waals surface area contributed by atoms with Gasteiger partial charge in [0.25, 0.3) is 5.92 Å². The van der Waals surface area contributed by atoms with Crippen molar-refractivity contribution in [1.29, 1.82) is 0 Å². The Morgan fingerprint density at radius 2 is 0.574 bits per heavy atom. The minimum Gasteiger partial charge on any atom is -0.370 e. The molecule has 27 heteroatoms. The van der Waals surface area contributed by atoms with Gasteiger partial charge in [0.15, 0.2) is 0 Å². The zero-order valence-electron chi connectivity index (χ0n) is 94.3. The van der Waals surface area contributed by atoms with E-state index in [1.807, 2.05) is 151 Å². The zero-order chi connectivity index (χ0) is 108. The van der Waals surface area contributed by atoms with Crippen LogP contribution in [0, 0.1) is 5.92 Å². The van der Waals surface area contributed by atoms with Crippen molar-refractivity contribution in [2.75, 3.05) is 143 Å². The second-order valence-electron chi connectivity index (χ2n) is 45.1. The number of carbonyl (C=O) groups is 6. The number of piperidine rings is 3. The number of pyridine rings is 9. The summed E-state index contributed by atoms with van der Waals surface area (Å²) < 4.78 is 26.0. The summed E-state index contributed by atoms with van der Waals surface area (Å²) in [6.45, 7) is 53.5. The lowest BCUT2D eigenvalue weighted by Crippen LogP contribution is -2.50. The molecule has 0 radical (unpaired) electrons. The molecule has 148 heavy (non-hydrogen) atoms. The first-order valence-corrected chi connectivity index (χ1v) is 54.6. The van der Waals surface area contributed by atoms with Gasteiger partial charge in [0, 0.05) is 265 Å². The maximum absolute atomic E-state index is 13.0. The fourth-order valence-corrected chi connectivity index (χ4v) is 19.5. The molecule has 0 aromatic carbocycles. The van der Waals surface area contributed by atoms with E-state index in [-0.39, 0.29) is 66.0 Å². The van der Waals surface area contributed by atoms with E-state index >= 15 is 0 Å². The monoisotopic (exact) mass is 2030 g/mol. The van der Waals surface area contributed by atoms with Gasteiger partial charge < -0.3 is 49.4 Å². The molecule has 9 saturated heterocycles. The van der Waals surface area contributed by atoms with Crippen LogP contribution in [0.3, 0.4) is 0 Å². The quantitative estimate of drug-likeness (QED) is 0.0743. The number of nitrogens with one attached hydrogen (secondary N) is 1. The predicted octanol–water partition coefficient (Wildman–Crippen LogP) is 23.0. The number of anilines is 3. The molecule has 6 unspecified atom stereocenters. The Labute approximate surface area is 884 Å². The van der Waals surface area contributed by atoms with Crippen LogP contribution in [-0.4, -0.2) is 249 Å². The highest BCUT2D eigenvalue weighted by atomic mass is 19.3. The molecule has 18 rings (SSSR count). The van der Waals surface area contributed by atoms with Gasteiger partial charge in [0.05, 0.1) is 41.5 Å². The maximum atomic E-state index is 13.0. The van der Waals surface area contributed by atoms with E-state index in [0.29, 0.717) is 109 Å². The molecule has 9 aromatic heterocycles. The van der Waals surface area contributed by atoms with Gasteiger partial charge in [-0.3, -0.25) is 68.6 Å². The summed E-state index contributed by atoms with van der Waals surface area (Å²) in [5.74, 6) is 5.86. The number of carbonyl (C=O) groups excluding carboxylic acids is 6. The summed E-state index contributed by atoms with van der Waals surface area (Å²) in [4.78, 5) is 127. The first-order chi connectivity index (χ1) is 70.2. The lowest BCUT2D eigenvalue weighted by atomic mass is 9.90. The molecule has 6 amide bonds.